The summed E-state index contributed by atoms with van der Waals surface area (Å²) in [5, 5.41) is 19.0. The van der Waals surface area contributed by atoms with Gasteiger partial charge in [0, 0.05) is 33.0 Å². The maximum atomic E-state index is 7.06. The van der Waals surface area contributed by atoms with Gasteiger partial charge in [0.05, 0.1) is 41.1 Å². The van der Waals surface area contributed by atoms with Gasteiger partial charge in [-0.15, -0.1) is 0 Å². The van der Waals surface area contributed by atoms with Gasteiger partial charge in [0.1, 0.15) is 16.9 Å². The lowest BCUT2D eigenvalue weighted by Crippen LogP contribution is -2.54. The molecule has 282 valence electrons. The van der Waals surface area contributed by atoms with Crippen molar-refractivity contribution in [1.82, 2.24) is 20.5 Å². The Morgan fingerprint density at radius 1 is 0.508 bits per heavy atom. The van der Waals surface area contributed by atoms with Gasteiger partial charge in [-0.1, -0.05) is 134 Å². The largest absolute Gasteiger partial charge is 0.459 e. The topological polar surface area (TPSA) is 63.4 Å². The van der Waals surface area contributed by atoms with Gasteiger partial charge in [-0.3, -0.25) is 16.0 Å². The van der Waals surface area contributed by atoms with Gasteiger partial charge in [0.2, 0.25) is 0 Å². The van der Waals surface area contributed by atoms with Crippen LogP contribution in [-0.4, -0.2) is 4.57 Å². The number of nitrogens with one attached hydrogen (secondary N) is 3. The standard InChI is InChI=1S/C53H38N4O2/c1-2-13-32(14-3-1)51-54-52(35-22-24-40-39-19-9-11-21-46(39)58-48(40)30-35)56-53(55-51)36-27-42-49-37-17-7-6-12-31(37)23-25-47(49)59-50(42)45(29-36)57-43-20-10-8-18-38(43)41-26-33-15-4-5-16-34(33)28-44(41)57/h1-30,37,49,51-56H. The summed E-state index contributed by atoms with van der Waals surface area (Å²) in [7, 11) is 0. The lowest BCUT2D eigenvalue weighted by atomic mass is 9.76. The number of nitrogens with zero attached hydrogens (tertiary/aromatic N) is 1. The van der Waals surface area contributed by atoms with Crippen molar-refractivity contribution in [3.05, 3.63) is 216 Å². The Balaban J connectivity index is 1.02. The van der Waals surface area contributed by atoms with Crippen LogP contribution in [0.4, 0.5) is 0 Å². The van der Waals surface area contributed by atoms with Crippen molar-refractivity contribution >= 4 is 54.5 Å². The van der Waals surface area contributed by atoms with Crippen molar-refractivity contribution < 1.29 is 9.15 Å². The van der Waals surface area contributed by atoms with Crippen LogP contribution in [-0.2, 0) is 0 Å². The van der Waals surface area contributed by atoms with E-state index in [1.807, 2.05) is 12.1 Å². The minimum absolute atomic E-state index is 0.0525. The Hall–Kier alpha value is -6.96. The lowest BCUT2D eigenvalue weighted by molar-refractivity contribution is 0.203. The van der Waals surface area contributed by atoms with Crippen molar-refractivity contribution in [2.75, 3.05) is 0 Å². The van der Waals surface area contributed by atoms with Gasteiger partial charge in [-0.05, 0) is 81.6 Å². The lowest BCUT2D eigenvalue weighted by Gasteiger charge is -2.40. The van der Waals surface area contributed by atoms with E-state index in [1.165, 1.54) is 38.2 Å². The second kappa shape index (κ2) is 12.8. The predicted molar refractivity (Wildman–Crippen MR) is 237 cm³/mol. The number of benzene rings is 7. The second-order valence-corrected chi connectivity index (χ2v) is 16.2. The summed E-state index contributed by atoms with van der Waals surface area (Å²) in [5.41, 5.74) is 11.0. The summed E-state index contributed by atoms with van der Waals surface area (Å²) >= 11 is 0. The predicted octanol–water partition coefficient (Wildman–Crippen LogP) is 12.1. The first-order valence-electron chi connectivity index (χ1n) is 20.5. The molecule has 7 aromatic carbocycles. The highest BCUT2D eigenvalue weighted by Gasteiger charge is 2.41. The molecule has 2 aromatic heterocycles. The SMILES string of the molecule is C1=CC2=CC=C3Oc4c(cc(C5NC(c6ccccc6)NC(c6ccc7c(c6)oc6ccccc67)N5)cc4-n4c5ccccc5c5cc6ccccc6cc54)C3C2C=C1. The fourth-order valence-corrected chi connectivity index (χ4v) is 10.1. The average molecular weight is 763 g/mol. The van der Waals surface area contributed by atoms with E-state index in [0.29, 0.717) is 0 Å². The van der Waals surface area contributed by atoms with Crippen LogP contribution in [0.15, 0.2) is 198 Å². The molecule has 59 heavy (non-hydrogen) atoms. The normalized spacial score (nSPS) is 22.1. The molecule has 0 bridgehead atoms. The maximum Gasteiger partial charge on any atom is 0.154 e. The molecule has 3 N–H and O–H groups in total. The molecule has 0 amide bonds. The van der Waals surface area contributed by atoms with Crippen LogP contribution in [0.2, 0.25) is 0 Å². The number of aromatic nitrogens is 1. The van der Waals surface area contributed by atoms with Crippen molar-refractivity contribution in [3.63, 3.8) is 0 Å². The summed E-state index contributed by atoms with van der Waals surface area (Å²) in [6.45, 7) is 0. The first-order chi connectivity index (χ1) is 29.2. The maximum absolute atomic E-state index is 7.06. The van der Waals surface area contributed by atoms with Crippen molar-refractivity contribution in [2.24, 2.45) is 5.92 Å². The molecule has 1 saturated heterocycles. The molecule has 6 nitrogen and oxygen atoms in total. The third-order valence-corrected chi connectivity index (χ3v) is 12.9. The zero-order chi connectivity index (χ0) is 38.6. The number of ether oxygens (including phenoxy) is 1. The summed E-state index contributed by atoms with van der Waals surface area (Å²) in [6, 6.07) is 52.4. The third kappa shape index (κ3) is 5.11. The number of fused-ring (bicyclic) bond motifs is 12. The minimum atomic E-state index is -0.232. The molecule has 0 spiro atoms. The van der Waals surface area contributed by atoms with E-state index >= 15 is 0 Å². The molecule has 0 saturated carbocycles. The number of rotatable bonds is 4. The van der Waals surface area contributed by atoms with E-state index in [-0.39, 0.29) is 30.3 Å². The first kappa shape index (κ1) is 33.1. The summed E-state index contributed by atoms with van der Waals surface area (Å²) in [4.78, 5) is 0. The molecule has 2 aliphatic heterocycles. The van der Waals surface area contributed by atoms with Crippen molar-refractivity contribution in [3.8, 4) is 11.4 Å². The van der Waals surface area contributed by atoms with Gasteiger partial charge in [-0.25, -0.2) is 0 Å². The van der Waals surface area contributed by atoms with Gasteiger partial charge in [0.25, 0.3) is 0 Å². The number of para-hydroxylation sites is 2. The van der Waals surface area contributed by atoms with Crippen molar-refractivity contribution in [2.45, 2.75) is 24.4 Å². The smallest absolute Gasteiger partial charge is 0.154 e. The molecule has 13 rings (SSSR count). The summed E-state index contributed by atoms with van der Waals surface area (Å²) < 4.78 is 15.9. The molecular weight excluding hydrogens is 725 g/mol. The zero-order valence-electron chi connectivity index (χ0n) is 32.0. The van der Waals surface area contributed by atoms with Gasteiger partial charge in [-0.2, -0.15) is 0 Å². The van der Waals surface area contributed by atoms with Crippen LogP contribution in [0.25, 0.3) is 60.2 Å². The van der Waals surface area contributed by atoms with E-state index < -0.39 is 0 Å². The molecule has 0 radical (unpaired) electrons. The third-order valence-electron chi connectivity index (χ3n) is 12.9. The van der Waals surface area contributed by atoms with Crippen LogP contribution in [0.5, 0.6) is 5.75 Å². The summed E-state index contributed by atoms with van der Waals surface area (Å²) in [6.07, 6.45) is 12.7. The first-order valence-corrected chi connectivity index (χ1v) is 20.5. The number of allylic oxidation sites excluding steroid dienone is 8. The molecule has 5 atom stereocenters. The molecule has 5 unspecified atom stereocenters. The van der Waals surface area contributed by atoms with Crippen LogP contribution in [0, 0.1) is 5.92 Å². The monoisotopic (exact) mass is 762 g/mol. The fraction of sp³-hybridized carbons (Fsp3) is 0.0943. The highest BCUT2D eigenvalue weighted by molar-refractivity contribution is 6.14. The van der Waals surface area contributed by atoms with Gasteiger partial charge >= 0.3 is 0 Å². The zero-order valence-corrected chi connectivity index (χ0v) is 32.0. The Bertz CT molecular complexity index is 3330. The van der Waals surface area contributed by atoms with Crippen LogP contribution in [0.3, 0.4) is 0 Å². The van der Waals surface area contributed by atoms with E-state index in [9.17, 15) is 0 Å². The Labute approximate surface area is 340 Å². The van der Waals surface area contributed by atoms with E-state index in [2.05, 4.69) is 190 Å². The minimum Gasteiger partial charge on any atom is -0.459 e. The van der Waals surface area contributed by atoms with Gasteiger partial charge in [0.15, 0.2) is 5.75 Å². The molecule has 2 aliphatic carbocycles. The van der Waals surface area contributed by atoms with Crippen LogP contribution < -0.4 is 20.7 Å². The molecule has 4 heterocycles. The van der Waals surface area contributed by atoms with Crippen molar-refractivity contribution in [1.29, 1.82) is 0 Å². The highest BCUT2D eigenvalue weighted by Crippen LogP contribution is 2.54. The average Bonchev–Trinajstić information content (AvgIpc) is 3.97. The van der Waals surface area contributed by atoms with E-state index in [1.54, 1.807) is 0 Å². The quantitative estimate of drug-likeness (QED) is 0.167. The molecule has 6 heteroatoms. The molecule has 1 fully saturated rings. The number of furan rings is 1. The van der Waals surface area contributed by atoms with Crippen LogP contribution in [0.1, 0.15) is 46.7 Å². The Morgan fingerprint density at radius 2 is 1.24 bits per heavy atom. The van der Waals surface area contributed by atoms with E-state index in [0.717, 1.165) is 61.3 Å². The Kier molecular flexibility index (Phi) is 7.15. The highest BCUT2D eigenvalue weighted by atomic mass is 16.5. The Morgan fingerprint density at radius 3 is 2.12 bits per heavy atom. The fourth-order valence-electron chi connectivity index (χ4n) is 10.1. The number of hydrogen-bond acceptors (Lipinski definition) is 5. The molecule has 9 aromatic rings. The van der Waals surface area contributed by atoms with Crippen LogP contribution >= 0.6 is 0 Å². The van der Waals surface area contributed by atoms with Gasteiger partial charge < -0.3 is 13.7 Å². The van der Waals surface area contributed by atoms with E-state index in [4.69, 9.17) is 9.15 Å². The second-order valence-electron chi connectivity index (χ2n) is 16.2. The summed E-state index contributed by atoms with van der Waals surface area (Å²) in [5.74, 6) is 2.14. The molecular formula is C53H38N4O2. The molecule has 4 aliphatic rings. The number of hydrogen-bond donors (Lipinski definition) is 3.